The number of likely N-dealkylation sites (N-methyl/N-ethyl adjacent to an activating group) is 1. The zero-order chi connectivity index (χ0) is 26.9. The van der Waals surface area contributed by atoms with Gasteiger partial charge in [-0.3, -0.25) is 9.59 Å². The van der Waals surface area contributed by atoms with Crippen molar-refractivity contribution in [2.75, 3.05) is 39.9 Å². The highest BCUT2D eigenvalue weighted by atomic mass is 16.5. The van der Waals surface area contributed by atoms with E-state index >= 15 is 0 Å². The van der Waals surface area contributed by atoms with Crippen molar-refractivity contribution in [1.82, 2.24) is 9.80 Å². The normalized spacial score (nSPS) is 16.9. The second kappa shape index (κ2) is 13.1. The summed E-state index contributed by atoms with van der Waals surface area (Å²) in [7, 11) is 1.30. The average molecular weight is 509 g/mol. The van der Waals surface area contributed by atoms with Crippen LogP contribution in [0.5, 0.6) is 5.75 Å². The Bertz CT molecular complexity index is 1140. The molecule has 0 radical (unpaired) electrons. The predicted octanol–water partition coefficient (Wildman–Crippen LogP) is 4.42. The van der Waals surface area contributed by atoms with Gasteiger partial charge in [-0.1, -0.05) is 51.5 Å². The number of rotatable bonds is 12. The van der Waals surface area contributed by atoms with Crippen molar-refractivity contribution in [3.8, 4) is 5.75 Å². The minimum atomic E-state index is -0.799. The SMILES string of the molecule is CCCCOc1cccc(/C(O)=C2\C(=O)C(=O)N(CCN(CC)CC)C2c2ccc(C(=O)OC)cc2)c1. The number of methoxy groups -OCH3 is 1. The number of ketones is 1. The van der Waals surface area contributed by atoms with Crippen molar-refractivity contribution >= 4 is 23.4 Å². The molecular formula is C29H36N2O6. The fourth-order valence-corrected chi connectivity index (χ4v) is 4.39. The Hall–Kier alpha value is -3.65. The van der Waals surface area contributed by atoms with Gasteiger partial charge in [0.1, 0.15) is 11.5 Å². The zero-order valence-corrected chi connectivity index (χ0v) is 22.0. The van der Waals surface area contributed by atoms with Crippen LogP contribution in [0.25, 0.3) is 5.76 Å². The van der Waals surface area contributed by atoms with Crippen LogP contribution in [-0.4, -0.2) is 72.5 Å². The first kappa shape index (κ1) is 27.9. The first-order valence-electron chi connectivity index (χ1n) is 12.8. The van der Waals surface area contributed by atoms with Crippen LogP contribution < -0.4 is 4.74 Å². The molecule has 0 saturated carbocycles. The molecule has 0 spiro atoms. The largest absolute Gasteiger partial charge is 0.507 e. The number of likely N-dealkylation sites (tertiary alicyclic amines) is 1. The molecule has 1 saturated heterocycles. The molecule has 2 aromatic rings. The molecular weight excluding hydrogens is 472 g/mol. The van der Waals surface area contributed by atoms with Crippen molar-refractivity contribution < 1.29 is 29.0 Å². The van der Waals surface area contributed by atoms with Crippen molar-refractivity contribution in [2.24, 2.45) is 0 Å². The number of hydrogen-bond acceptors (Lipinski definition) is 7. The summed E-state index contributed by atoms with van der Waals surface area (Å²) in [6.07, 6.45) is 1.89. The van der Waals surface area contributed by atoms with E-state index in [0.29, 0.717) is 42.1 Å². The van der Waals surface area contributed by atoms with Gasteiger partial charge in [-0.2, -0.15) is 0 Å². The number of hydrogen-bond donors (Lipinski definition) is 1. The molecule has 2 aromatic carbocycles. The number of ether oxygens (including phenoxy) is 2. The minimum absolute atomic E-state index is 0.0149. The summed E-state index contributed by atoms with van der Waals surface area (Å²) < 4.78 is 10.6. The smallest absolute Gasteiger partial charge is 0.337 e. The second-order valence-corrected chi connectivity index (χ2v) is 8.86. The lowest BCUT2D eigenvalue weighted by Crippen LogP contribution is -2.38. The van der Waals surface area contributed by atoms with E-state index in [1.54, 1.807) is 48.5 Å². The van der Waals surface area contributed by atoms with Gasteiger partial charge in [0, 0.05) is 18.7 Å². The van der Waals surface area contributed by atoms with Crippen molar-refractivity contribution in [2.45, 2.75) is 39.7 Å². The molecule has 1 unspecified atom stereocenters. The van der Waals surface area contributed by atoms with E-state index in [9.17, 15) is 19.5 Å². The lowest BCUT2D eigenvalue weighted by atomic mass is 9.94. The van der Waals surface area contributed by atoms with Crippen LogP contribution in [0, 0.1) is 0 Å². The number of benzene rings is 2. The Morgan fingerprint density at radius 1 is 1.03 bits per heavy atom. The fraction of sp³-hybridized carbons (Fsp3) is 0.414. The Morgan fingerprint density at radius 2 is 1.73 bits per heavy atom. The Balaban J connectivity index is 2.06. The van der Waals surface area contributed by atoms with Crippen LogP contribution in [0.4, 0.5) is 0 Å². The van der Waals surface area contributed by atoms with Crippen LogP contribution in [0.3, 0.4) is 0 Å². The van der Waals surface area contributed by atoms with E-state index in [-0.39, 0.29) is 11.3 Å². The molecule has 37 heavy (non-hydrogen) atoms. The maximum atomic E-state index is 13.3. The van der Waals surface area contributed by atoms with Crippen LogP contribution in [-0.2, 0) is 14.3 Å². The molecule has 1 aliphatic heterocycles. The summed E-state index contributed by atoms with van der Waals surface area (Å²) in [5.41, 5.74) is 1.37. The first-order valence-corrected chi connectivity index (χ1v) is 12.8. The first-order chi connectivity index (χ1) is 17.9. The third-order valence-corrected chi connectivity index (χ3v) is 6.61. The number of esters is 1. The van der Waals surface area contributed by atoms with Crippen LogP contribution >= 0.6 is 0 Å². The molecule has 1 fully saturated rings. The molecule has 198 valence electrons. The highest BCUT2D eigenvalue weighted by Gasteiger charge is 2.46. The number of amides is 1. The van der Waals surface area contributed by atoms with Gasteiger partial charge in [-0.05, 0) is 49.3 Å². The molecule has 1 heterocycles. The summed E-state index contributed by atoms with van der Waals surface area (Å²) >= 11 is 0. The predicted molar refractivity (Wildman–Crippen MR) is 141 cm³/mol. The van der Waals surface area contributed by atoms with E-state index in [0.717, 1.165) is 25.9 Å². The number of Topliss-reactive ketones (excluding diaryl/α,β-unsaturated/α-hetero) is 1. The molecule has 0 bridgehead atoms. The number of unbranched alkanes of at least 4 members (excludes halogenated alkanes) is 1. The third kappa shape index (κ3) is 6.38. The molecule has 1 amide bonds. The summed E-state index contributed by atoms with van der Waals surface area (Å²) in [6.45, 7) is 9.20. The van der Waals surface area contributed by atoms with Gasteiger partial charge in [0.05, 0.1) is 30.9 Å². The molecule has 3 rings (SSSR count). The number of carbonyl (C=O) groups excluding carboxylic acids is 3. The Labute approximate surface area is 218 Å². The minimum Gasteiger partial charge on any atom is -0.507 e. The maximum absolute atomic E-state index is 13.3. The van der Waals surface area contributed by atoms with Gasteiger partial charge < -0.3 is 24.4 Å². The molecule has 1 N–H and O–H groups in total. The quantitative estimate of drug-likeness (QED) is 0.149. The Kier molecular flexibility index (Phi) is 9.85. The number of aliphatic hydroxyl groups is 1. The highest BCUT2D eigenvalue weighted by Crippen LogP contribution is 2.39. The molecule has 1 atom stereocenters. The molecule has 8 heteroatoms. The Morgan fingerprint density at radius 3 is 2.35 bits per heavy atom. The number of carbonyl (C=O) groups is 3. The van der Waals surface area contributed by atoms with Crippen LogP contribution in [0.2, 0.25) is 0 Å². The zero-order valence-electron chi connectivity index (χ0n) is 22.0. The highest BCUT2D eigenvalue weighted by molar-refractivity contribution is 6.46. The summed E-state index contributed by atoms with van der Waals surface area (Å²) in [4.78, 5) is 42.1. The van der Waals surface area contributed by atoms with E-state index < -0.39 is 23.7 Å². The molecule has 1 aliphatic rings. The van der Waals surface area contributed by atoms with Crippen LogP contribution in [0.15, 0.2) is 54.1 Å². The fourth-order valence-electron chi connectivity index (χ4n) is 4.39. The van der Waals surface area contributed by atoms with Gasteiger partial charge in [-0.25, -0.2) is 4.79 Å². The second-order valence-electron chi connectivity index (χ2n) is 8.86. The lowest BCUT2D eigenvalue weighted by molar-refractivity contribution is -0.140. The van der Waals surface area contributed by atoms with Gasteiger partial charge in [0.2, 0.25) is 0 Å². The average Bonchev–Trinajstić information content (AvgIpc) is 3.18. The van der Waals surface area contributed by atoms with Gasteiger partial charge in [0.25, 0.3) is 11.7 Å². The monoisotopic (exact) mass is 508 g/mol. The van der Waals surface area contributed by atoms with Crippen LogP contribution in [0.1, 0.15) is 61.1 Å². The topological polar surface area (TPSA) is 96.4 Å². The van der Waals surface area contributed by atoms with Crippen molar-refractivity contribution in [3.05, 3.63) is 70.8 Å². The standard InChI is InChI=1S/C29H36N2O6/c1-5-8-18-37-23-11-9-10-22(19-23)26(32)24-25(20-12-14-21(15-13-20)29(35)36-4)31(28(34)27(24)33)17-16-30(6-2)7-3/h9-15,19,25,32H,5-8,16-18H2,1-4H3/b26-24+. The third-order valence-electron chi connectivity index (χ3n) is 6.61. The van der Waals surface area contributed by atoms with Crippen molar-refractivity contribution in [3.63, 3.8) is 0 Å². The molecule has 8 nitrogen and oxygen atoms in total. The van der Waals surface area contributed by atoms with E-state index in [1.807, 2.05) is 13.8 Å². The molecule has 0 aliphatic carbocycles. The van der Waals surface area contributed by atoms with Gasteiger partial charge in [-0.15, -0.1) is 0 Å². The van der Waals surface area contributed by atoms with Gasteiger partial charge in [0.15, 0.2) is 0 Å². The number of nitrogens with zero attached hydrogens (tertiary/aromatic N) is 2. The number of aliphatic hydroxyl groups excluding tert-OH is 1. The molecule has 0 aromatic heterocycles. The summed E-state index contributed by atoms with van der Waals surface area (Å²) in [5.74, 6) is -1.57. The van der Waals surface area contributed by atoms with E-state index in [4.69, 9.17) is 9.47 Å². The van der Waals surface area contributed by atoms with Gasteiger partial charge >= 0.3 is 5.97 Å². The van der Waals surface area contributed by atoms with E-state index in [1.165, 1.54) is 12.0 Å². The summed E-state index contributed by atoms with van der Waals surface area (Å²) in [5, 5.41) is 11.3. The maximum Gasteiger partial charge on any atom is 0.337 e. The van der Waals surface area contributed by atoms with E-state index in [2.05, 4.69) is 11.8 Å². The lowest BCUT2D eigenvalue weighted by Gasteiger charge is -2.28. The van der Waals surface area contributed by atoms with Crippen molar-refractivity contribution in [1.29, 1.82) is 0 Å². The summed E-state index contributed by atoms with van der Waals surface area (Å²) in [6, 6.07) is 12.6.